The predicted molar refractivity (Wildman–Crippen MR) is 113 cm³/mol. The molecular formula is C24H25NO5. The van der Waals surface area contributed by atoms with Gasteiger partial charge in [0.15, 0.2) is 12.4 Å². The van der Waals surface area contributed by atoms with Crippen LogP contribution in [0.15, 0.2) is 48.5 Å². The van der Waals surface area contributed by atoms with E-state index < -0.39 is 17.9 Å². The van der Waals surface area contributed by atoms with E-state index in [1.165, 1.54) is 24.1 Å². The Labute approximate surface area is 175 Å². The second-order valence-corrected chi connectivity index (χ2v) is 7.20. The van der Waals surface area contributed by atoms with Crippen molar-refractivity contribution in [1.29, 1.82) is 0 Å². The number of benzene rings is 2. The van der Waals surface area contributed by atoms with E-state index in [0.29, 0.717) is 5.56 Å². The largest absolute Gasteiger partial charge is 0.497 e. The average molecular weight is 407 g/mol. The molecule has 0 heterocycles. The summed E-state index contributed by atoms with van der Waals surface area (Å²) in [4.78, 5) is 36.5. The molecule has 3 rings (SSSR count). The van der Waals surface area contributed by atoms with E-state index in [9.17, 15) is 14.4 Å². The molecule has 1 N–H and O–H groups in total. The Kier molecular flexibility index (Phi) is 7.01. The van der Waals surface area contributed by atoms with Gasteiger partial charge in [0.05, 0.1) is 7.11 Å². The Hall–Kier alpha value is -3.41. The van der Waals surface area contributed by atoms with Gasteiger partial charge in [0, 0.05) is 11.6 Å². The van der Waals surface area contributed by atoms with Gasteiger partial charge in [-0.3, -0.25) is 9.59 Å². The van der Waals surface area contributed by atoms with Crippen molar-refractivity contribution in [3.05, 3.63) is 70.8 Å². The molecule has 1 atom stereocenters. The normalized spacial score (nSPS) is 13.5. The Morgan fingerprint density at radius 2 is 1.80 bits per heavy atom. The minimum Gasteiger partial charge on any atom is -0.497 e. The molecule has 1 aliphatic rings. The van der Waals surface area contributed by atoms with E-state index in [-0.39, 0.29) is 12.4 Å². The minimum absolute atomic E-state index is 0.254. The minimum atomic E-state index is -0.870. The molecule has 0 saturated carbocycles. The zero-order valence-electron chi connectivity index (χ0n) is 17.1. The average Bonchev–Trinajstić information content (AvgIpc) is 3.24. The van der Waals surface area contributed by atoms with Crippen molar-refractivity contribution in [1.82, 2.24) is 5.32 Å². The molecule has 0 unspecified atom stereocenters. The van der Waals surface area contributed by atoms with Crippen molar-refractivity contribution >= 4 is 23.7 Å². The first-order valence-electron chi connectivity index (χ1n) is 9.90. The molecule has 156 valence electrons. The van der Waals surface area contributed by atoms with Gasteiger partial charge in [-0.25, -0.2) is 4.79 Å². The summed E-state index contributed by atoms with van der Waals surface area (Å²) in [5.74, 6) is -0.616. The molecule has 0 saturated heterocycles. The summed E-state index contributed by atoms with van der Waals surface area (Å²) in [7, 11) is 1.58. The third kappa shape index (κ3) is 5.56. The highest BCUT2D eigenvalue weighted by Gasteiger charge is 2.19. The molecule has 1 aliphatic carbocycles. The van der Waals surface area contributed by atoms with Crippen LogP contribution in [0.2, 0.25) is 0 Å². The zero-order valence-corrected chi connectivity index (χ0v) is 17.1. The van der Waals surface area contributed by atoms with Crippen LogP contribution < -0.4 is 10.1 Å². The number of nitrogens with one attached hydrogen (secondary N) is 1. The van der Waals surface area contributed by atoms with Gasteiger partial charge >= 0.3 is 5.97 Å². The van der Waals surface area contributed by atoms with E-state index in [0.717, 1.165) is 30.6 Å². The predicted octanol–water partition coefficient (Wildman–Crippen LogP) is 3.13. The first-order valence-corrected chi connectivity index (χ1v) is 9.90. The highest BCUT2D eigenvalue weighted by Crippen LogP contribution is 2.23. The smallest absolute Gasteiger partial charge is 0.328 e. The summed E-state index contributed by atoms with van der Waals surface area (Å²) < 4.78 is 10.2. The number of fused-ring (bicyclic) bond motifs is 1. The third-order valence-corrected chi connectivity index (χ3v) is 5.02. The fraction of sp³-hybridized carbons (Fsp3) is 0.292. The van der Waals surface area contributed by atoms with Gasteiger partial charge in [-0.15, -0.1) is 0 Å². The standard InChI is InChI=1S/C24H25NO5/c1-16(25-23(27)13-8-17-6-11-21(29-2)12-7-17)24(28)30-15-22(26)20-10-9-18-4-3-5-19(18)14-20/h6-14,16H,3-5,15H2,1-2H3,(H,25,27)/b13-8+/t16-/m0/s1. The van der Waals surface area contributed by atoms with Crippen molar-refractivity contribution in [3.8, 4) is 5.75 Å². The maximum absolute atomic E-state index is 12.3. The van der Waals surface area contributed by atoms with Crippen molar-refractivity contribution in [3.63, 3.8) is 0 Å². The molecule has 2 aromatic carbocycles. The van der Waals surface area contributed by atoms with Crippen molar-refractivity contribution < 1.29 is 23.9 Å². The van der Waals surface area contributed by atoms with E-state index in [4.69, 9.17) is 9.47 Å². The second kappa shape index (κ2) is 9.87. The lowest BCUT2D eigenvalue weighted by Gasteiger charge is -2.12. The highest BCUT2D eigenvalue weighted by molar-refractivity contribution is 5.99. The molecule has 0 aliphatic heterocycles. The molecule has 0 aromatic heterocycles. The number of methoxy groups -OCH3 is 1. The Balaban J connectivity index is 1.46. The van der Waals surface area contributed by atoms with E-state index in [1.54, 1.807) is 31.4 Å². The number of esters is 1. The lowest BCUT2D eigenvalue weighted by Crippen LogP contribution is -2.39. The van der Waals surface area contributed by atoms with E-state index in [1.807, 2.05) is 24.3 Å². The van der Waals surface area contributed by atoms with Gasteiger partial charge in [-0.05, 0) is 67.2 Å². The van der Waals surface area contributed by atoms with Crippen LogP contribution in [-0.4, -0.2) is 37.4 Å². The lowest BCUT2D eigenvalue weighted by atomic mass is 10.0. The molecule has 0 radical (unpaired) electrons. The Morgan fingerprint density at radius 3 is 2.53 bits per heavy atom. The summed E-state index contributed by atoms with van der Waals surface area (Å²) in [5, 5.41) is 2.53. The van der Waals surface area contributed by atoms with Crippen LogP contribution in [0.25, 0.3) is 6.08 Å². The maximum Gasteiger partial charge on any atom is 0.328 e. The fourth-order valence-electron chi connectivity index (χ4n) is 3.30. The molecule has 30 heavy (non-hydrogen) atoms. The number of rotatable bonds is 8. The van der Waals surface area contributed by atoms with Crippen LogP contribution in [0.4, 0.5) is 0 Å². The molecule has 2 aromatic rings. The number of hydrogen-bond donors (Lipinski definition) is 1. The summed E-state index contributed by atoms with van der Waals surface area (Å²) in [6.45, 7) is 1.17. The second-order valence-electron chi connectivity index (χ2n) is 7.20. The van der Waals surface area contributed by atoms with Crippen molar-refractivity contribution in [2.75, 3.05) is 13.7 Å². The number of ketones is 1. The van der Waals surface area contributed by atoms with Crippen LogP contribution >= 0.6 is 0 Å². The molecular weight excluding hydrogens is 382 g/mol. The van der Waals surface area contributed by atoms with Gasteiger partial charge in [0.2, 0.25) is 5.91 Å². The monoisotopic (exact) mass is 407 g/mol. The summed E-state index contributed by atoms with van der Waals surface area (Å²) in [6, 6.07) is 11.9. The van der Waals surface area contributed by atoms with Gasteiger partial charge in [0.1, 0.15) is 11.8 Å². The SMILES string of the molecule is COc1ccc(/C=C/C(=O)N[C@@H](C)C(=O)OCC(=O)c2ccc3c(c2)CCC3)cc1. The number of carbonyl (C=O) groups excluding carboxylic acids is 3. The summed E-state index contributed by atoms with van der Waals surface area (Å²) in [5.41, 5.74) is 3.84. The van der Waals surface area contributed by atoms with Crippen LogP contribution in [0.1, 0.15) is 40.4 Å². The molecule has 0 fully saturated rings. The van der Waals surface area contributed by atoms with Crippen LogP contribution in [0.5, 0.6) is 5.75 Å². The Morgan fingerprint density at radius 1 is 1.07 bits per heavy atom. The lowest BCUT2D eigenvalue weighted by molar-refractivity contribution is -0.145. The first kappa shape index (κ1) is 21.3. The molecule has 6 heteroatoms. The quantitative estimate of drug-likeness (QED) is 0.413. The number of aryl methyl sites for hydroxylation is 2. The van der Waals surface area contributed by atoms with Gasteiger partial charge in [-0.1, -0.05) is 24.3 Å². The number of ether oxygens (including phenoxy) is 2. The number of hydrogen-bond acceptors (Lipinski definition) is 5. The first-order chi connectivity index (χ1) is 14.5. The van der Waals surface area contributed by atoms with E-state index in [2.05, 4.69) is 5.32 Å². The molecule has 0 spiro atoms. The zero-order chi connectivity index (χ0) is 21.5. The maximum atomic E-state index is 12.3. The van der Waals surface area contributed by atoms with Crippen molar-refractivity contribution in [2.45, 2.75) is 32.2 Å². The Bertz CT molecular complexity index is 962. The van der Waals surface area contributed by atoms with Gasteiger partial charge in [0.25, 0.3) is 0 Å². The van der Waals surface area contributed by atoms with Gasteiger partial charge in [-0.2, -0.15) is 0 Å². The fourth-order valence-corrected chi connectivity index (χ4v) is 3.30. The topological polar surface area (TPSA) is 81.7 Å². The number of Topliss-reactive ketones (excluding diaryl/α,β-unsaturated/α-hetero) is 1. The van der Waals surface area contributed by atoms with Crippen molar-refractivity contribution in [2.24, 2.45) is 0 Å². The third-order valence-electron chi connectivity index (χ3n) is 5.02. The number of amides is 1. The number of carbonyl (C=O) groups is 3. The van der Waals surface area contributed by atoms with Gasteiger partial charge < -0.3 is 14.8 Å². The summed E-state index contributed by atoms with van der Waals surface area (Å²) >= 11 is 0. The van der Waals surface area contributed by atoms with Crippen LogP contribution in [0, 0.1) is 0 Å². The van der Waals surface area contributed by atoms with Crippen LogP contribution in [-0.2, 0) is 27.2 Å². The molecule has 0 bridgehead atoms. The van der Waals surface area contributed by atoms with Crippen LogP contribution in [0.3, 0.4) is 0 Å². The molecule has 1 amide bonds. The highest BCUT2D eigenvalue weighted by atomic mass is 16.5. The summed E-state index contributed by atoms with van der Waals surface area (Å²) in [6.07, 6.45) is 6.09. The molecule has 6 nitrogen and oxygen atoms in total. The van der Waals surface area contributed by atoms with E-state index >= 15 is 0 Å².